The zero-order valence-electron chi connectivity index (χ0n) is 8.80. The van der Waals surface area contributed by atoms with E-state index in [0.29, 0.717) is 25.9 Å². The van der Waals surface area contributed by atoms with E-state index in [0.717, 1.165) is 0 Å². The van der Waals surface area contributed by atoms with Gasteiger partial charge in [0.25, 0.3) is 0 Å². The van der Waals surface area contributed by atoms with Crippen LogP contribution in [-0.4, -0.2) is 24.7 Å². The Morgan fingerprint density at radius 2 is 2.14 bits per heavy atom. The predicted octanol–water partition coefficient (Wildman–Crippen LogP) is 2.17. The molecule has 0 aliphatic heterocycles. The van der Waals surface area contributed by atoms with Crippen LogP contribution in [-0.2, 0) is 4.74 Å². The van der Waals surface area contributed by atoms with Crippen LogP contribution < -0.4 is 5.73 Å². The molecule has 84 valence electrons. The van der Waals surface area contributed by atoms with Crippen LogP contribution in [0.3, 0.4) is 0 Å². The molecule has 2 unspecified atom stereocenters. The minimum absolute atomic E-state index is 0.208. The molecule has 2 atom stereocenters. The molecule has 14 heavy (non-hydrogen) atoms. The van der Waals surface area contributed by atoms with Crippen LogP contribution in [0.25, 0.3) is 0 Å². The van der Waals surface area contributed by atoms with Crippen molar-refractivity contribution >= 4 is 0 Å². The van der Waals surface area contributed by atoms with E-state index in [4.69, 9.17) is 10.5 Å². The molecular formula is C10H19F2NO. The van der Waals surface area contributed by atoms with Crippen LogP contribution in [0.4, 0.5) is 8.78 Å². The molecule has 2 N–H and O–H groups in total. The second-order valence-electron chi connectivity index (χ2n) is 4.41. The Hall–Kier alpha value is -0.220. The van der Waals surface area contributed by atoms with Gasteiger partial charge < -0.3 is 10.5 Å². The molecule has 0 saturated heterocycles. The van der Waals surface area contributed by atoms with Crippen LogP contribution >= 0.6 is 0 Å². The molecule has 0 aromatic carbocycles. The summed E-state index contributed by atoms with van der Waals surface area (Å²) in [5, 5.41) is 0. The van der Waals surface area contributed by atoms with E-state index in [9.17, 15) is 8.78 Å². The molecule has 0 heterocycles. The monoisotopic (exact) mass is 207 g/mol. The molecule has 4 heteroatoms. The highest BCUT2D eigenvalue weighted by molar-refractivity contribution is 4.90. The Labute approximate surface area is 83.8 Å². The van der Waals surface area contributed by atoms with E-state index < -0.39 is 18.1 Å². The highest BCUT2D eigenvalue weighted by Gasteiger charge is 2.40. The summed E-state index contributed by atoms with van der Waals surface area (Å²) < 4.78 is 31.1. The molecule has 0 spiro atoms. The lowest BCUT2D eigenvalue weighted by molar-refractivity contribution is -0.0673. The summed E-state index contributed by atoms with van der Waals surface area (Å²) in [6, 6.07) is 0. The maximum Gasteiger partial charge on any atom is 0.139 e. The molecule has 2 nitrogen and oxygen atoms in total. The maximum absolute atomic E-state index is 13.0. The fraction of sp³-hybridized carbons (Fsp3) is 1.00. The highest BCUT2D eigenvalue weighted by atomic mass is 19.1. The first-order chi connectivity index (χ1) is 6.44. The first-order valence-electron chi connectivity index (χ1n) is 5.15. The largest absolute Gasteiger partial charge is 0.360 e. The van der Waals surface area contributed by atoms with Gasteiger partial charge in [0.15, 0.2) is 0 Å². The van der Waals surface area contributed by atoms with E-state index >= 15 is 0 Å². The van der Waals surface area contributed by atoms with E-state index in [1.807, 2.05) is 0 Å². The smallest absolute Gasteiger partial charge is 0.139 e. The summed E-state index contributed by atoms with van der Waals surface area (Å²) >= 11 is 0. The van der Waals surface area contributed by atoms with Crippen molar-refractivity contribution in [3.05, 3.63) is 0 Å². The van der Waals surface area contributed by atoms with Gasteiger partial charge in [-0.15, -0.1) is 0 Å². The van der Waals surface area contributed by atoms with Gasteiger partial charge in [-0.3, -0.25) is 0 Å². The molecule has 0 aromatic rings. The van der Waals surface area contributed by atoms with E-state index in [2.05, 4.69) is 0 Å². The number of ether oxygens (including phenoxy) is 1. The minimum atomic E-state index is -1.12. The molecule has 0 bridgehead atoms. The first-order valence-corrected chi connectivity index (χ1v) is 5.15. The van der Waals surface area contributed by atoms with Gasteiger partial charge in [0.2, 0.25) is 0 Å². The van der Waals surface area contributed by atoms with Gasteiger partial charge in [0.1, 0.15) is 18.1 Å². The third kappa shape index (κ3) is 3.17. The molecule has 0 amide bonds. The van der Waals surface area contributed by atoms with Gasteiger partial charge >= 0.3 is 0 Å². The van der Waals surface area contributed by atoms with Gasteiger partial charge in [0.05, 0.1) is 6.61 Å². The topological polar surface area (TPSA) is 35.2 Å². The second-order valence-corrected chi connectivity index (χ2v) is 4.41. The lowest BCUT2D eigenvalue weighted by atomic mass is 9.74. The lowest BCUT2D eigenvalue weighted by Gasteiger charge is -2.38. The van der Waals surface area contributed by atoms with E-state index in [1.165, 1.54) is 0 Å². The number of nitrogens with two attached hydrogens (primary N) is 1. The van der Waals surface area contributed by atoms with Crippen LogP contribution in [0, 0.1) is 5.92 Å². The van der Waals surface area contributed by atoms with Gasteiger partial charge in [-0.1, -0.05) is 6.92 Å². The van der Waals surface area contributed by atoms with Crippen LogP contribution in [0.5, 0.6) is 0 Å². The van der Waals surface area contributed by atoms with E-state index in [-0.39, 0.29) is 5.92 Å². The van der Waals surface area contributed by atoms with E-state index in [1.54, 1.807) is 13.8 Å². The number of alkyl halides is 2. The summed E-state index contributed by atoms with van der Waals surface area (Å²) in [6.45, 7) is 3.67. The summed E-state index contributed by atoms with van der Waals surface area (Å²) in [7, 11) is 0. The SMILES string of the molecule is CCC(F)C(N)OCC1CC(C)(F)C1. The Kier molecular flexibility index (Phi) is 3.84. The fourth-order valence-electron chi connectivity index (χ4n) is 1.85. The Bertz CT molecular complexity index is 179. The standard InChI is InChI=1S/C10H19F2NO/c1-3-8(11)9(13)14-6-7-4-10(2,12)5-7/h7-9H,3-6,13H2,1-2H3. The molecule has 1 rings (SSSR count). The number of halogens is 2. The van der Waals surface area contributed by atoms with Crippen LogP contribution in [0.1, 0.15) is 33.1 Å². The van der Waals surface area contributed by atoms with Gasteiger partial charge in [-0.25, -0.2) is 8.78 Å². The number of rotatable bonds is 5. The molecule has 1 saturated carbocycles. The van der Waals surface area contributed by atoms with Crippen molar-refractivity contribution in [1.82, 2.24) is 0 Å². The summed E-state index contributed by atoms with van der Waals surface area (Å²) in [5.74, 6) is 0.208. The van der Waals surface area contributed by atoms with Crippen molar-refractivity contribution in [2.45, 2.75) is 51.2 Å². The Morgan fingerprint density at radius 1 is 1.57 bits per heavy atom. The van der Waals surface area contributed by atoms with Crippen LogP contribution in [0.2, 0.25) is 0 Å². The zero-order valence-corrected chi connectivity index (χ0v) is 8.80. The maximum atomic E-state index is 13.0. The first kappa shape index (κ1) is 11.9. The third-order valence-corrected chi connectivity index (χ3v) is 2.70. The Morgan fingerprint density at radius 3 is 2.57 bits per heavy atom. The fourth-order valence-corrected chi connectivity index (χ4v) is 1.85. The minimum Gasteiger partial charge on any atom is -0.360 e. The van der Waals surface area contributed by atoms with Crippen molar-refractivity contribution in [1.29, 1.82) is 0 Å². The normalized spacial score (nSPS) is 36.2. The molecular weight excluding hydrogens is 188 g/mol. The third-order valence-electron chi connectivity index (χ3n) is 2.70. The molecule has 0 aromatic heterocycles. The predicted molar refractivity (Wildman–Crippen MR) is 51.4 cm³/mol. The molecule has 0 radical (unpaired) electrons. The van der Waals surface area contributed by atoms with Gasteiger partial charge in [0, 0.05) is 0 Å². The molecule has 1 aliphatic carbocycles. The van der Waals surface area contributed by atoms with Gasteiger partial charge in [-0.2, -0.15) is 0 Å². The highest BCUT2D eigenvalue weighted by Crippen LogP contribution is 2.40. The lowest BCUT2D eigenvalue weighted by Crippen LogP contribution is -2.42. The van der Waals surface area contributed by atoms with Crippen molar-refractivity contribution in [3.63, 3.8) is 0 Å². The number of hydrogen-bond donors (Lipinski definition) is 1. The van der Waals surface area contributed by atoms with Crippen molar-refractivity contribution in [3.8, 4) is 0 Å². The summed E-state index contributed by atoms with van der Waals surface area (Å²) in [4.78, 5) is 0. The van der Waals surface area contributed by atoms with Gasteiger partial charge in [-0.05, 0) is 32.1 Å². The summed E-state index contributed by atoms with van der Waals surface area (Å²) in [5.41, 5.74) is 4.39. The average Bonchev–Trinajstić information content (AvgIpc) is 2.09. The van der Waals surface area contributed by atoms with Crippen LogP contribution in [0.15, 0.2) is 0 Å². The van der Waals surface area contributed by atoms with Crippen molar-refractivity contribution < 1.29 is 13.5 Å². The summed E-state index contributed by atoms with van der Waals surface area (Å²) in [6.07, 6.45) is -0.614. The van der Waals surface area contributed by atoms with Crippen molar-refractivity contribution in [2.75, 3.05) is 6.61 Å². The second kappa shape index (κ2) is 4.53. The zero-order chi connectivity index (χ0) is 10.8. The average molecular weight is 207 g/mol. The Balaban J connectivity index is 2.10. The number of hydrogen-bond acceptors (Lipinski definition) is 2. The molecule has 1 fully saturated rings. The molecule has 1 aliphatic rings. The van der Waals surface area contributed by atoms with Crippen molar-refractivity contribution in [2.24, 2.45) is 11.7 Å². The quantitative estimate of drug-likeness (QED) is 0.701.